The summed E-state index contributed by atoms with van der Waals surface area (Å²) in [5.41, 5.74) is 8.46. The molecule has 3 heterocycles. The maximum atomic E-state index is 5.14. The summed E-state index contributed by atoms with van der Waals surface area (Å²) in [7, 11) is 0. The van der Waals surface area contributed by atoms with Crippen LogP contribution in [-0.4, -0.2) is 14.4 Å². The van der Waals surface area contributed by atoms with Crippen LogP contribution in [0.4, 0.5) is 0 Å². The van der Waals surface area contributed by atoms with E-state index in [0.717, 1.165) is 44.8 Å². The lowest BCUT2D eigenvalue weighted by molar-refractivity contribution is 1.19. The van der Waals surface area contributed by atoms with Gasteiger partial charge in [0.2, 0.25) is 0 Å². The first-order valence-corrected chi connectivity index (χ1v) is 13.2. The zero-order chi connectivity index (χ0) is 25.8. The van der Waals surface area contributed by atoms with Crippen molar-refractivity contribution in [3.8, 4) is 33.6 Å². The van der Waals surface area contributed by atoms with E-state index in [4.69, 9.17) is 9.97 Å². The number of imidazole rings is 1. The lowest BCUT2D eigenvalue weighted by atomic mass is 9.94. The second kappa shape index (κ2) is 8.64. The maximum Gasteiger partial charge on any atom is 0.138 e. The van der Waals surface area contributed by atoms with Crippen molar-refractivity contribution in [3.05, 3.63) is 140 Å². The van der Waals surface area contributed by atoms with Crippen molar-refractivity contribution in [2.45, 2.75) is 0 Å². The number of aromatic nitrogens is 3. The van der Waals surface area contributed by atoms with E-state index < -0.39 is 0 Å². The molecule has 0 saturated heterocycles. The first-order valence-electron chi connectivity index (χ1n) is 13.2. The average Bonchev–Trinajstić information content (AvgIpc) is 3.45. The SMILES string of the molecule is c1ccc(-c2cn3ccc(-c4ccc(-c5nc6ccccc6c6c5ccc5ccccc56)cc4)cc3n2)cc1. The molecule has 0 atom stereocenters. The number of para-hydroxylation sites is 1. The van der Waals surface area contributed by atoms with Crippen molar-refractivity contribution < 1.29 is 0 Å². The van der Waals surface area contributed by atoms with Gasteiger partial charge in [-0.1, -0.05) is 109 Å². The summed E-state index contributed by atoms with van der Waals surface area (Å²) in [6.45, 7) is 0. The average molecular weight is 498 g/mol. The van der Waals surface area contributed by atoms with E-state index in [9.17, 15) is 0 Å². The zero-order valence-corrected chi connectivity index (χ0v) is 21.1. The molecule has 0 N–H and O–H groups in total. The van der Waals surface area contributed by atoms with Gasteiger partial charge in [0.1, 0.15) is 5.65 Å². The predicted molar refractivity (Wildman–Crippen MR) is 162 cm³/mol. The summed E-state index contributed by atoms with van der Waals surface area (Å²) in [5, 5.41) is 6.12. The Bertz CT molecular complexity index is 2140. The van der Waals surface area contributed by atoms with Crippen molar-refractivity contribution in [1.29, 1.82) is 0 Å². The molecule has 0 amide bonds. The van der Waals surface area contributed by atoms with Crippen molar-refractivity contribution in [3.63, 3.8) is 0 Å². The van der Waals surface area contributed by atoms with Crippen molar-refractivity contribution in [1.82, 2.24) is 14.4 Å². The van der Waals surface area contributed by atoms with Crippen LogP contribution in [-0.2, 0) is 0 Å². The number of benzene rings is 5. The Hall–Kier alpha value is -5.28. The third-order valence-corrected chi connectivity index (χ3v) is 7.61. The van der Waals surface area contributed by atoms with Gasteiger partial charge in [0, 0.05) is 39.7 Å². The molecule has 8 rings (SSSR count). The van der Waals surface area contributed by atoms with Gasteiger partial charge < -0.3 is 4.40 Å². The van der Waals surface area contributed by atoms with E-state index in [1.165, 1.54) is 26.9 Å². The van der Waals surface area contributed by atoms with E-state index in [-0.39, 0.29) is 0 Å². The van der Waals surface area contributed by atoms with E-state index in [0.29, 0.717) is 0 Å². The minimum absolute atomic E-state index is 0.935. The van der Waals surface area contributed by atoms with Crippen LogP contribution >= 0.6 is 0 Å². The summed E-state index contributed by atoms with van der Waals surface area (Å²) in [4.78, 5) is 10.0. The number of rotatable bonds is 3. The van der Waals surface area contributed by atoms with E-state index in [1.807, 2.05) is 18.2 Å². The maximum absolute atomic E-state index is 5.14. The topological polar surface area (TPSA) is 30.2 Å². The molecule has 0 bridgehead atoms. The number of hydrogen-bond acceptors (Lipinski definition) is 2. The Morgan fingerprint density at radius 2 is 1.23 bits per heavy atom. The number of fused-ring (bicyclic) bond motifs is 6. The molecule has 39 heavy (non-hydrogen) atoms. The molecule has 0 radical (unpaired) electrons. The lowest BCUT2D eigenvalue weighted by Gasteiger charge is -2.13. The molecule has 0 spiro atoms. The molecular formula is C36H23N3. The Morgan fingerprint density at radius 1 is 0.487 bits per heavy atom. The fraction of sp³-hybridized carbons (Fsp3) is 0. The molecule has 0 unspecified atom stereocenters. The van der Waals surface area contributed by atoms with E-state index >= 15 is 0 Å². The van der Waals surface area contributed by atoms with Gasteiger partial charge in [-0.3, -0.25) is 0 Å². The standard InChI is InChI=1S/C36H23N3/c1-2-9-26(10-3-1)33-23-39-21-20-28(22-34(39)37-33)24-14-16-27(17-15-24)36-31-19-18-25-8-4-5-11-29(25)35(31)30-12-6-7-13-32(30)38-36/h1-23H. The van der Waals surface area contributed by atoms with Gasteiger partial charge in [0.25, 0.3) is 0 Å². The number of hydrogen-bond donors (Lipinski definition) is 0. The molecule has 0 aliphatic rings. The van der Waals surface area contributed by atoms with Gasteiger partial charge in [-0.2, -0.15) is 0 Å². The van der Waals surface area contributed by atoms with Crippen LogP contribution in [0.1, 0.15) is 0 Å². The van der Waals surface area contributed by atoms with Gasteiger partial charge in [-0.15, -0.1) is 0 Å². The predicted octanol–water partition coefficient (Wildman–Crippen LogP) is 9.19. The molecule has 0 fully saturated rings. The summed E-state index contributed by atoms with van der Waals surface area (Å²) >= 11 is 0. The smallest absolute Gasteiger partial charge is 0.138 e. The summed E-state index contributed by atoms with van der Waals surface area (Å²) in [5.74, 6) is 0. The van der Waals surface area contributed by atoms with Crippen LogP contribution in [0, 0.1) is 0 Å². The van der Waals surface area contributed by atoms with Gasteiger partial charge in [0.05, 0.1) is 16.9 Å². The van der Waals surface area contributed by atoms with Crippen LogP contribution in [0.2, 0.25) is 0 Å². The van der Waals surface area contributed by atoms with Crippen LogP contribution in [0.25, 0.3) is 71.7 Å². The highest BCUT2D eigenvalue weighted by Crippen LogP contribution is 2.37. The molecule has 3 nitrogen and oxygen atoms in total. The highest BCUT2D eigenvalue weighted by atomic mass is 15.0. The summed E-state index contributed by atoms with van der Waals surface area (Å²) in [6.07, 6.45) is 4.17. The summed E-state index contributed by atoms with van der Waals surface area (Å²) < 4.78 is 2.08. The Labute approximate surface area is 225 Å². The molecule has 0 aliphatic carbocycles. The minimum atomic E-state index is 0.935. The first kappa shape index (κ1) is 21.8. The van der Waals surface area contributed by atoms with Crippen LogP contribution in [0.3, 0.4) is 0 Å². The van der Waals surface area contributed by atoms with Gasteiger partial charge in [0.15, 0.2) is 0 Å². The van der Waals surface area contributed by atoms with E-state index in [2.05, 4.69) is 126 Å². The first-order chi connectivity index (χ1) is 19.3. The second-order valence-electron chi connectivity index (χ2n) is 9.94. The van der Waals surface area contributed by atoms with Crippen molar-refractivity contribution in [2.24, 2.45) is 0 Å². The monoisotopic (exact) mass is 497 g/mol. The molecule has 5 aromatic carbocycles. The highest BCUT2D eigenvalue weighted by Gasteiger charge is 2.13. The van der Waals surface area contributed by atoms with Crippen LogP contribution in [0.15, 0.2) is 140 Å². The molecule has 3 aromatic heterocycles. The lowest BCUT2D eigenvalue weighted by Crippen LogP contribution is -1.91. The molecule has 3 heteroatoms. The third kappa shape index (κ3) is 3.59. The second-order valence-corrected chi connectivity index (χ2v) is 9.94. The normalized spacial score (nSPS) is 11.6. The Balaban J connectivity index is 1.24. The summed E-state index contributed by atoms with van der Waals surface area (Å²) in [6, 6.07) is 44.8. The molecule has 0 aliphatic heterocycles. The van der Waals surface area contributed by atoms with Crippen molar-refractivity contribution >= 4 is 38.1 Å². The molecule has 8 aromatic rings. The zero-order valence-electron chi connectivity index (χ0n) is 21.1. The van der Waals surface area contributed by atoms with Gasteiger partial charge in [-0.25, -0.2) is 9.97 Å². The fourth-order valence-corrected chi connectivity index (χ4v) is 5.67. The quantitative estimate of drug-likeness (QED) is 0.228. The number of pyridine rings is 2. The molecule has 0 saturated carbocycles. The fourth-order valence-electron chi connectivity index (χ4n) is 5.67. The van der Waals surface area contributed by atoms with Crippen molar-refractivity contribution in [2.75, 3.05) is 0 Å². The Morgan fingerprint density at radius 3 is 2.10 bits per heavy atom. The molecule has 182 valence electrons. The minimum Gasteiger partial charge on any atom is -0.306 e. The van der Waals surface area contributed by atoms with E-state index in [1.54, 1.807) is 0 Å². The third-order valence-electron chi connectivity index (χ3n) is 7.61. The van der Waals surface area contributed by atoms with Gasteiger partial charge in [-0.05, 0) is 40.1 Å². The van der Waals surface area contributed by atoms with Crippen LogP contribution < -0.4 is 0 Å². The van der Waals surface area contributed by atoms with Gasteiger partial charge >= 0.3 is 0 Å². The molecular weight excluding hydrogens is 474 g/mol. The number of nitrogens with zero attached hydrogens (tertiary/aromatic N) is 3. The van der Waals surface area contributed by atoms with Crippen LogP contribution in [0.5, 0.6) is 0 Å². The highest BCUT2D eigenvalue weighted by molar-refractivity contribution is 6.22. The largest absolute Gasteiger partial charge is 0.306 e. The Kier molecular flexibility index (Phi) is 4.82.